The predicted octanol–water partition coefficient (Wildman–Crippen LogP) is 1.06. The largest absolute Gasteiger partial charge is 0.495 e. The zero-order valence-electron chi connectivity index (χ0n) is 10.3. The van der Waals surface area contributed by atoms with E-state index < -0.39 is 11.6 Å². The van der Waals surface area contributed by atoms with Crippen LogP contribution in [0.15, 0.2) is 24.0 Å². The van der Waals surface area contributed by atoms with Gasteiger partial charge in [-0.1, -0.05) is 6.08 Å². The molecular formula is C11H18O5. The van der Waals surface area contributed by atoms with E-state index in [-0.39, 0.29) is 0 Å². The molecule has 0 unspecified atom stereocenters. The molecule has 1 rings (SSSR count). The first kappa shape index (κ1) is 13.2. The fraction of sp³-hybridized carbons (Fsp3) is 0.636. The van der Waals surface area contributed by atoms with Crippen molar-refractivity contribution in [3.63, 3.8) is 0 Å². The molecule has 0 aliphatic heterocycles. The van der Waals surface area contributed by atoms with E-state index in [0.29, 0.717) is 5.76 Å². The van der Waals surface area contributed by atoms with Crippen LogP contribution >= 0.6 is 0 Å². The summed E-state index contributed by atoms with van der Waals surface area (Å²) in [5.41, 5.74) is 0. The Bertz CT molecular complexity index is 287. The molecule has 5 heteroatoms. The molecule has 0 amide bonds. The SMILES string of the molecule is COC1=CC=CC(OC)(OC)C1(OC)OC. The van der Waals surface area contributed by atoms with Crippen molar-refractivity contribution < 1.29 is 23.7 Å². The van der Waals surface area contributed by atoms with Gasteiger partial charge in [0.15, 0.2) is 5.76 Å². The summed E-state index contributed by atoms with van der Waals surface area (Å²) in [7, 11) is 7.57. The van der Waals surface area contributed by atoms with Gasteiger partial charge in [-0.05, 0) is 12.2 Å². The second-order valence-corrected chi connectivity index (χ2v) is 3.19. The highest BCUT2D eigenvalue weighted by atomic mass is 16.8. The van der Waals surface area contributed by atoms with Crippen molar-refractivity contribution in [2.45, 2.75) is 11.6 Å². The lowest BCUT2D eigenvalue weighted by Gasteiger charge is -2.45. The van der Waals surface area contributed by atoms with E-state index in [4.69, 9.17) is 23.7 Å². The van der Waals surface area contributed by atoms with Crippen LogP contribution in [0.3, 0.4) is 0 Å². The van der Waals surface area contributed by atoms with E-state index in [9.17, 15) is 0 Å². The fourth-order valence-corrected chi connectivity index (χ4v) is 1.91. The first-order chi connectivity index (χ1) is 7.66. The van der Waals surface area contributed by atoms with E-state index >= 15 is 0 Å². The van der Waals surface area contributed by atoms with Gasteiger partial charge in [-0.3, -0.25) is 0 Å². The Morgan fingerprint density at radius 1 is 0.875 bits per heavy atom. The van der Waals surface area contributed by atoms with Crippen LogP contribution < -0.4 is 0 Å². The van der Waals surface area contributed by atoms with Crippen LogP contribution in [0.2, 0.25) is 0 Å². The molecule has 0 spiro atoms. The zero-order valence-corrected chi connectivity index (χ0v) is 10.3. The van der Waals surface area contributed by atoms with Gasteiger partial charge in [0.1, 0.15) is 0 Å². The highest BCUT2D eigenvalue weighted by Gasteiger charge is 2.58. The van der Waals surface area contributed by atoms with Gasteiger partial charge in [0, 0.05) is 28.4 Å². The van der Waals surface area contributed by atoms with Crippen LogP contribution in [0.4, 0.5) is 0 Å². The smallest absolute Gasteiger partial charge is 0.287 e. The molecule has 0 saturated carbocycles. The van der Waals surface area contributed by atoms with E-state index in [2.05, 4.69) is 0 Å². The maximum Gasteiger partial charge on any atom is 0.287 e. The van der Waals surface area contributed by atoms with Gasteiger partial charge < -0.3 is 23.7 Å². The number of rotatable bonds is 5. The van der Waals surface area contributed by atoms with Gasteiger partial charge in [0.05, 0.1) is 7.11 Å². The van der Waals surface area contributed by atoms with Crippen molar-refractivity contribution in [3.05, 3.63) is 24.0 Å². The molecule has 1 aliphatic carbocycles. The molecule has 1 aliphatic rings. The van der Waals surface area contributed by atoms with Crippen molar-refractivity contribution in [3.8, 4) is 0 Å². The molecule has 0 aromatic carbocycles. The first-order valence-corrected chi connectivity index (χ1v) is 4.81. The van der Waals surface area contributed by atoms with E-state index in [1.165, 1.54) is 35.5 Å². The monoisotopic (exact) mass is 230 g/mol. The first-order valence-electron chi connectivity index (χ1n) is 4.81. The number of hydrogen-bond donors (Lipinski definition) is 0. The highest BCUT2D eigenvalue weighted by molar-refractivity contribution is 5.29. The Kier molecular flexibility index (Phi) is 4.09. The zero-order chi connectivity index (χ0) is 12.2. The molecule has 5 nitrogen and oxygen atoms in total. The molecule has 0 fully saturated rings. The standard InChI is InChI=1S/C11H18O5/c1-12-9-7-6-8-10(13-2,14-3)11(9,15-4)16-5/h6-8H,1-5H3. The second kappa shape index (κ2) is 4.97. The summed E-state index contributed by atoms with van der Waals surface area (Å²) in [4.78, 5) is 0. The summed E-state index contributed by atoms with van der Waals surface area (Å²) in [5, 5.41) is 0. The van der Waals surface area contributed by atoms with Gasteiger partial charge >= 0.3 is 0 Å². The maximum absolute atomic E-state index is 5.41. The van der Waals surface area contributed by atoms with Crippen LogP contribution in [0, 0.1) is 0 Å². The molecule has 0 atom stereocenters. The quantitative estimate of drug-likeness (QED) is 0.661. The number of allylic oxidation sites excluding steroid dienone is 2. The topological polar surface area (TPSA) is 46.2 Å². The Balaban J connectivity index is 3.29. The summed E-state index contributed by atoms with van der Waals surface area (Å²) in [6, 6.07) is 0. The number of methoxy groups -OCH3 is 5. The molecule has 0 N–H and O–H groups in total. The third-order valence-electron chi connectivity index (χ3n) is 2.75. The lowest BCUT2D eigenvalue weighted by molar-refractivity contribution is -0.360. The van der Waals surface area contributed by atoms with E-state index in [1.54, 1.807) is 18.2 Å². The van der Waals surface area contributed by atoms with Crippen molar-refractivity contribution in [1.82, 2.24) is 0 Å². The molecule has 0 bridgehead atoms. The minimum Gasteiger partial charge on any atom is -0.495 e. The van der Waals surface area contributed by atoms with Crippen LogP contribution in [-0.2, 0) is 23.7 Å². The Morgan fingerprint density at radius 3 is 1.81 bits per heavy atom. The lowest BCUT2D eigenvalue weighted by atomic mass is 9.97. The summed E-state index contributed by atoms with van der Waals surface area (Å²) in [5.74, 6) is -1.94. The van der Waals surface area contributed by atoms with Gasteiger partial charge in [-0.15, -0.1) is 0 Å². The van der Waals surface area contributed by atoms with Crippen molar-refractivity contribution >= 4 is 0 Å². The number of hydrogen-bond acceptors (Lipinski definition) is 5. The lowest BCUT2D eigenvalue weighted by Crippen LogP contribution is -2.60. The van der Waals surface area contributed by atoms with Gasteiger partial charge in [0.25, 0.3) is 11.6 Å². The molecule has 0 saturated heterocycles. The fourth-order valence-electron chi connectivity index (χ4n) is 1.91. The Morgan fingerprint density at radius 2 is 1.44 bits per heavy atom. The molecule has 0 aromatic rings. The minimum absolute atomic E-state index is 0.476. The van der Waals surface area contributed by atoms with Crippen molar-refractivity contribution in [2.75, 3.05) is 35.5 Å². The van der Waals surface area contributed by atoms with E-state index in [1.807, 2.05) is 0 Å². The molecule has 0 radical (unpaired) electrons. The minimum atomic E-state index is -1.25. The van der Waals surface area contributed by atoms with Crippen LogP contribution in [0.5, 0.6) is 0 Å². The van der Waals surface area contributed by atoms with Crippen LogP contribution in [0.1, 0.15) is 0 Å². The summed E-state index contributed by atoms with van der Waals surface area (Å²) in [6.07, 6.45) is 5.22. The normalized spacial score (nSPS) is 21.7. The van der Waals surface area contributed by atoms with Crippen LogP contribution in [-0.4, -0.2) is 47.1 Å². The van der Waals surface area contributed by atoms with Gasteiger partial charge in [-0.25, -0.2) is 0 Å². The molecule has 0 aromatic heterocycles. The third kappa shape index (κ3) is 1.56. The Labute approximate surface area is 95.6 Å². The summed E-state index contributed by atoms with van der Waals surface area (Å²) >= 11 is 0. The molecule has 0 heterocycles. The Hall–Kier alpha value is -0.880. The van der Waals surface area contributed by atoms with Crippen molar-refractivity contribution in [2.24, 2.45) is 0 Å². The predicted molar refractivity (Wildman–Crippen MR) is 57.7 cm³/mol. The molecule has 16 heavy (non-hydrogen) atoms. The van der Waals surface area contributed by atoms with Crippen LogP contribution in [0.25, 0.3) is 0 Å². The van der Waals surface area contributed by atoms with Crippen molar-refractivity contribution in [1.29, 1.82) is 0 Å². The molecular weight excluding hydrogens is 212 g/mol. The molecule has 92 valence electrons. The summed E-state index contributed by atoms with van der Waals surface area (Å²) in [6.45, 7) is 0. The average Bonchev–Trinajstić information content (AvgIpc) is 2.37. The van der Waals surface area contributed by atoms with Gasteiger partial charge in [0.2, 0.25) is 0 Å². The average molecular weight is 230 g/mol. The maximum atomic E-state index is 5.41. The van der Waals surface area contributed by atoms with E-state index in [0.717, 1.165) is 0 Å². The van der Waals surface area contributed by atoms with Gasteiger partial charge in [-0.2, -0.15) is 0 Å². The number of ether oxygens (including phenoxy) is 5. The third-order valence-corrected chi connectivity index (χ3v) is 2.75. The highest BCUT2D eigenvalue weighted by Crippen LogP contribution is 2.41. The second-order valence-electron chi connectivity index (χ2n) is 3.19. The summed E-state index contributed by atoms with van der Waals surface area (Å²) < 4.78 is 26.8.